The second-order valence-corrected chi connectivity index (χ2v) is 8.24. The molecule has 0 amide bonds. The minimum Gasteiger partial charge on any atom is -0.494 e. The highest BCUT2D eigenvalue weighted by molar-refractivity contribution is 9.25. The summed E-state index contributed by atoms with van der Waals surface area (Å²) in [4.78, 5) is 12.2. The van der Waals surface area contributed by atoms with Gasteiger partial charge >= 0.3 is 5.97 Å². The lowest BCUT2D eigenvalue weighted by molar-refractivity contribution is -0.146. The van der Waals surface area contributed by atoms with Crippen LogP contribution in [0.1, 0.15) is 25.8 Å². The molecule has 1 fully saturated rings. The van der Waals surface area contributed by atoms with Crippen molar-refractivity contribution in [3.8, 4) is 5.75 Å². The van der Waals surface area contributed by atoms with E-state index in [2.05, 4.69) is 31.9 Å². The van der Waals surface area contributed by atoms with Crippen LogP contribution >= 0.6 is 31.9 Å². The summed E-state index contributed by atoms with van der Waals surface area (Å²) in [6.45, 7) is 4.77. The Morgan fingerprint density at radius 2 is 1.79 bits per heavy atom. The van der Waals surface area contributed by atoms with Crippen LogP contribution < -0.4 is 4.74 Å². The van der Waals surface area contributed by atoms with Crippen molar-refractivity contribution in [2.45, 2.75) is 28.9 Å². The quantitative estimate of drug-likeness (QED) is 0.566. The molecule has 5 heteroatoms. The van der Waals surface area contributed by atoms with Crippen LogP contribution in [0.3, 0.4) is 0 Å². The minimum atomic E-state index is -0.645. The Morgan fingerprint density at radius 3 is 2.21 bits per heavy atom. The third-order valence-electron chi connectivity index (χ3n) is 3.27. The predicted molar refractivity (Wildman–Crippen MR) is 81.1 cm³/mol. The van der Waals surface area contributed by atoms with Gasteiger partial charge in [-0.2, -0.15) is 0 Å². The van der Waals surface area contributed by atoms with Gasteiger partial charge in [-0.15, -0.1) is 0 Å². The van der Waals surface area contributed by atoms with E-state index >= 15 is 0 Å². The van der Waals surface area contributed by atoms with Crippen LogP contribution in [-0.4, -0.2) is 22.4 Å². The minimum absolute atomic E-state index is 0.201. The van der Waals surface area contributed by atoms with Crippen molar-refractivity contribution in [1.29, 1.82) is 0 Å². The van der Waals surface area contributed by atoms with Crippen molar-refractivity contribution in [2.24, 2.45) is 0 Å². The Balaban J connectivity index is 2.29. The lowest BCUT2D eigenvalue weighted by Crippen LogP contribution is -2.28. The van der Waals surface area contributed by atoms with E-state index in [1.807, 2.05) is 38.1 Å². The molecule has 0 N–H and O–H groups in total. The van der Waals surface area contributed by atoms with Gasteiger partial charge in [-0.25, -0.2) is 0 Å². The first kappa shape index (κ1) is 14.9. The number of hydrogen-bond donors (Lipinski definition) is 0. The number of hydrogen-bond acceptors (Lipinski definition) is 3. The van der Waals surface area contributed by atoms with E-state index in [1.54, 1.807) is 0 Å². The van der Waals surface area contributed by atoms with Crippen molar-refractivity contribution < 1.29 is 14.3 Å². The smallest absolute Gasteiger partial charge is 0.318 e. The Hall–Kier alpha value is -0.550. The van der Waals surface area contributed by atoms with E-state index in [-0.39, 0.29) is 5.97 Å². The standard InChI is InChI=1S/C14H16Br2O3/c1-3-18-11-7-5-10(6-8-11)13(9-14(13,15)16)12(17)19-4-2/h5-8H,3-4,9H2,1-2H3. The molecule has 1 aliphatic rings. The first-order valence-electron chi connectivity index (χ1n) is 6.26. The first-order chi connectivity index (χ1) is 8.98. The molecule has 1 aromatic rings. The number of carbonyl (C=O) groups excluding carboxylic acids is 1. The number of ether oxygens (including phenoxy) is 2. The zero-order chi connectivity index (χ0) is 14.1. The molecule has 0 bridgehead atoms. The zero-order valence-corrected chi connectivity index (χ0v) is 14.1. The van der Waals surface area contributed by atoms with Crippen LogP contribution in [0.25, 0.3) is 0 Å². The van der Waals surface area contributed by atoms with E-state index in [4.69, 9.17) is 9.47 Å². The molecule has 0 saturated heterocycles. The van der Waals surface area contributed by atoms with E-state index in [9.17, 15) is 4.79 Å². The molecule has 1 aromatic carbocycles. The zero-order valence-electron chi connectivity index (χ0n) is 10.9. The van der Waals surface area contributed by atoms with Gasteiger partial charge in [0.25, 0.3) is 0 Å². The second-order valence-electron chi connectivity index (χ2n) is 4.46. The highest BCUT2D eigenvalue weighted by Gasteiger charge is 2.72. The molecule has 1 atom stereocenters. The Bertz CT molecular complexity index is 470. The molecule has 0 aliphatic heterocycles. The lowest BCUT2D eigenvalue weighted by Gasteiger charge is -2.17. The number of halogens is 2. The Labute approximate surface area is 129 Å². The third-order valence-corrected chi connectivity index (χ3v) is 5.18. The fourth-order valence-corrected chi connectivity index (χ4v) is 3.82. The highest BCUT2D eigenvalue weighted by Crippen LogP contribution is 2.67. The average molecular weight is 392 g/mol. The van der Waals surface area contributed by atoms with Gasteiger partial charge in [0.05, 0.1) is 13.2 Å². The van der Waals surface area contributed by atoms with Crippen LogP contribution in [0.15, 0.2) is 24.3 Å². The second kappa shape index (κ2) is 5.44. The fourth-order valence-electron chi connectivity index (χ4n) is 2.20. The molecule has 0 aromatic heterocycles. The molecule has 1 saturated carbocycles. The SMILES string of the molecule is CCOC(=O)C1(c2ccc(OCC)cc2)CC1(Br)Br. The van der Waals surface area contributed by atoms with Crippen LogP contribution in [0.4, 0.5) is 0 Å². The molecule has 1 unspecified atom stereocenters. The lowest BCUT2D eigenvalue weighted by atomic mass is 9.96. The van der Waals surface area contributed by atoms with Crippen molar-refractivity contribution in [3.05, 3.63) is 29.8 Å². The molecule has 104 valence electrons. The van der Waals surface area contributed by atoms with E-state index in [0.717, 1.165) is 11.3 Å². The molecule has 3 nitrogen and oxygen atoms in total. The normalized spacial score (nSPS) is 23.8. The maximum atomic E-state index is 12.2. The summed E-state index contributed by atoms with van der Waals surface area (Å²) in [5, 5.41) is 0. The Kier molecular flexibility index (Phi) is 4.26. The molecule has 2 rings (SSSR count). The number of benzene rings is 1. The van der Waals surface area contributed by atoms with Gasteiger partial charge < -0.3 is 9.47 Å². The third kappa shape index (κ3) is 2.55. The first-order valence-corrected chi connectivity index (χ1v) is 7.85. The van der Waals surface area contributed by atoms with Gasteiger partial charge in [0.1, 0.15) is 14.4 Å². The molecular weight excluding hydrogens is 376 g/mol. The highest BCUT2D eigenvalue weighted by atomic mass is 79.9. The number of alkyl halides is 2. The summed E-state index contributed by atoms with van der Waals surface area (Å²) in [6, 6.07) is 7.61. The summed E-state index contributed by atoms with van der Waals surface area (Å²) in [5.74, 6) is 0.605. The Morgan fingerprint density at radius 1 is 1.21 bits per heavy atom. The summed E-state index contributed by atoms with van der Waals surface area (Å²) in [5.41, 5.74) is 0.288. The summed E-state index contributed by atoms with van der Waals surface area (Å²) < 4.78 is 10.2. The molecule has 0 spiro atoms. The van der Waals surface area contributed by atoms with Crippen LogP contribution in [-0.2, 0) is 14.9 Å². The molecule has 0 radical (unpaired) electrons. The number of esters is 1. The van der Waals surface area contributed by atoms with Gasteiger partial charge in [0, 0.05) is 0 Å². The maximum absolute atomic E-state index is 12.2. The van der Waals surface area contributed by atoms with Gasteiger partial charge in [-0.3, -0.25) is 4.79 Å². The summed E-state index contributed by atoms with van der Waals surface area (Å²) in [7, 11) is 0. The van der Waals surface area contributed by atoms with E-state index in [0.29, 0.717) is 19.6 Å². The number of rotatable bonds is 5. The predicted octanol–water partition coefficient (Wildman–Crippen LogP) is 3.78. The van der Waals surface area contributed by atoms with Crippen molar-refractivity contribution in [3.63, 3.8) is 0 Å². The molecule has 0 heterocycles. The molecular formula is C14H16Br2O3. The van der Waals surface area contributed by atoms with Crippen molar-refractivity contribution in [2.75, 3.05) is 13.2 Å². The van der Waals surface area contributed by atoms with Gasteiger partial charge in [0.2, 0.25) is 0 Å². The largest absolute Gasteiger partial charge is 0.494 e. The van der Waals surface area contributed by atoms with Crippen LogP contribution in [0.5, 0.6) is 5.75 Å². The van der Waals surface area contributed by atoms with Crippen LogP contribution in [0.2, 0.25) is 0 Å². The van der Waals surface area contributed by atoms with E-state index in [1.165, 1.54) is 0 Å². The van der Waals surface area contributed by atoms with Gasteiger partial charge in [-0.1, -0.05) is 44.0 Å². The van der Waals surface area contributed by atoms with Gasteiger partial charge in [-0.05, 0) is 38.0 Å². The molecule has 1 aliphatic carbocycles. The monoisotopic (exact) mass is 390 g/mol. The van der Waals surface area contributed by atoms with Gasteiger partial charge in [0.15, 0.2) is 0 Å². The maximum Gasteiger partial charge on any atom is 0.318 e. The average Bonchev–Trinajstić information content (AvgIpc) is 2.96. The van der Waals surface area contributed by atoms with Crippen LogP contribution in [0, 0.1) is 0 Å². The van der Waals surface area contributed by atoms with Crippen molar-refractivity contribution >= 4 is 37.8 Å². The molecule has 19 heavy (non-hydrogen) atoms. The van der Waals surface area contributed by atoms with E-state index < -0.39 is 8.65 Å². The summed E-state index contributed by atoms with van der Waals surface area (Å²) >= 11 is 7.10. The number of carbonyl (C=O) groups is 1. The van der Waals surface area contributed by atoms with Crippen molar-refractivity contribution in [1.82, 2.24) is 0 Å². The fraction of sp³-hybridized carbons (Fsp3) is 0.500. The topological polar surface area (TPSA) is 35.5 Å². The summed E-state index contributed by atoms with van der Waals surface area (Å²) in [6.07, 6.45) is 0.673.